The van der Waals surface area contributed by atoms with E-state index in [0.717, 1.165) is 4.70 Å². The topological polar surface area (TPSA) is 107 Å². The molecule has 0 radical (unpaired) electrons. The molecule has 1 aromatic heterocycles. The van der Waals surface area contributed by atoms with Gasteiger partial charge >= 0.3 is 0 Å². The number of hydrogen-bond acceptors (Lipinski definition) is 7. The van der Waals surface area contributed by atoms with Crippen LogP contribution in [0.2, 0.25) is 0 Å². The highest BCUT2D eigenvalue weighted by Gasteiger charge is 2.18. The molecule has 8 nitrogen and oxygen atoms in total. The number of thiazole rings is 1. The van der Waals surface area contributed by atoms with Crippen molar-refractivity contribution in [1.29, 1.82) is 0 Å². The molecule has 0 atom stereocenters. The van der Waals surface area contributed by atoms with Crippen LogP contribution in [0.15, 0.2) is 41.3 Å². The molecule has 0 unspecified atom stereocenters. The molecule has 2 heterocycles. The Balaban J connectivity index is 1.58. The van der Waals surface area contributed by atoms with Crippen LogP contribution in [-0.2, 0) is 10.0 Å². The van der Waals surface area contributed by atoms with Crippen LogP contribution in [0.5, 0.6) is 11.5 Å². The van der Waals surface area contributed by atoms with Crippen LogP contribution in [0.3, 0.4) is 0 Å². The average Bonchev–Trinajstić information content (AvgIpc) is 3.07. The Labute approximate surface area is 165 Å². The molecule has 1 aliphatic rings. The lowest BCUT2D eigenvalue weighted by molar-refractivity contribution is 0.102. The number of amides is 1. The summed E-state index contributed by atoms with van der Waals surface area (Å²) < 4.78 is 38.6. The van der Waals surface area contributed by atoms with Gasteiger partial charge < -0.3 is 9.47 Å². The second-order valence-corrected chi connectivity index (χ2v) is 8.76. The number of nitrogens with zero attached hydrogens (tertiary/aromatic N) is 1. The summed E-state index contributed by atoms with van der Waals surface area (Å²) in [6.45, 7) is 2.93. The Hall–Kier alpha value is -2.69. The van der Waals surface area contributed by atoms with Crippen molar-refractivity contribution in [3.05, 3.63) is 42.0 Å². The van der Waals surface area contributed by atoms with Gasteiger partial charge in [-0.3, -0.25) is 10.1 Å². The first-order chi connectivity index (χ1) is 13.5. The lowest BCUT2D eigenvalue weighted by atomic mass is 10.2. The van der Waals surface area contributed by atoms with Gasteiger partial charge in [-0.1, -0.05) is 24.3 Å². The SMILES string of the molecule is CCNS(=O)(=O)c1cccc(C(=O)Nc2nc3cc4c(cc3s2)OCCO4)c1. The number of sulfonamides is 1. The number of hydrogen-bond donors (Lipinski definition) is 2. The van der Waals surface area contributed by atoms with Crippen LogP contribution in [0.4, 0.5) is 5.13 Å². The number of anilines is 1. The van der Waals surface area contributed by atoms with Crippen LogP contribution in [0.25, 0.3) is 10.2 Å². The highest BCUT2D eigenvalue weighted by molar-refractivity contribution is 7.89. The van der Waals surface area contributed by atoms with Gasteiger partial charge in [-0.2, -0.15) is 0 Å². The summed E-state index contributed by atoms with van der Waals surface area (Å²) in [5.41, 5.74) is 0.914. The molecular formula is C18H17N3O5S2. The molecule has 0 fully saturated rings. The number of fused-ring (bicyclic) bond motifs is 2. The Morgan fingerprint density at radius 2 is 1.93 bits per heavy atom. The predicted octanol–water partition coefficient (Wildman–Crippen LogP) is 2.62. The monoisotopic (exact) mass is 419 g/mol. The van der Waals surface area contributed by atoms with Crippen LogP contribution >= 0.6 is 11.3 Å². The van der Waals surface area contributed by atoms with Gasteiger partial charge in [0.2, 0.25) is 10.0 Å². The van der Waals surface area contributed by atoms with E-state index >= 15 is 0 Å². The number of ether oxygens (including phenoxy) is 2. The highest BCUT2D eigenvalue weighted by atomic mass is 32.2. The molecule has 2 N–H and O–H groups in total. The number of carbonyl (C=O) groups is 1. The van der Waals surface area contributed by atoms with E-state index in [-0.39, 0.29) is 17.0 Å². The van der Waals surface area contributed by atoms with Crippen LogP contribution in [0.1, 0.15) is 17.3 Å². The number of carbonyl (C=O) groups excluding carboxylic acids is 1. The van der Waals surface area contributed by atoms with Gasteiger partial charge in [-0.25, -0.2) is 18.1 Å². The van der Waals surface area contributed by atoms with Gasteiger partial charge in [0.05, 0.1) is 15.1 Å². The van der Waals surface area contributed by atoms with Gasteiger partial charge in [0, 0.05) is 24.2 Å². The molecule has 0 aliphatic carbocycles. The second kappa shape index (κ2) is 7.38. The molecule has 2 aromatic carbocycles. The third-order valence-electron chi connectivity index (χ3n) is 4.01. The quantitative estimate of drug-likeness (QED) is 0.658. The van der Waals surface area contributed by atoms with Gasteiger partial charge in [0.1, 0.15) is 13.2 Å². The standard InChI is InChI=1S/C18H17N3O5S2/c1-2-19-28(23,24)12-5-3-4-11(8-12)17(22)21-18-20-13-9-14-15(10-16(13)27-18)26-7-6-25-14/h3-5,8-10,19H,2,6-7H2,1H3,(H,20,21,22). The highest BCUT2D eigenvalue weighted by Crippen LogP contribution is 2.37. The lowest BCUT2D eigenvalue weighted by Crippen LogP contribution is -2.23. The fourth-order valence-corrected chi connectivity index (χ4v) is 4.72. The van der Waals surface area contributed by atoms with Gasteiger partial charge in [-0.15, -0.1) is 0 Å². The Morgan fingerprint density at radius 3 is 2.68 bits per heavy atom. The summed E-state index contributed by atoms with van der Waals surface area (Å²) in [4.78, 5) is 17.0. The number of nitrogens with one attached hydrogen (secondary N) is 2. The van der Waals surface area contributed by atoms with Gasteiger partial charge in [0.15, 0.2) is 16.6 Å². The maximum Gasteiger partial charge on any atom is 0.257 e. The summed E-state index contributed by atoms with van der Waals surface area (Å²) in [5.74, 6) is 0.842. The first-order valence-corrected chi connectivity index (χ1v) is 10.9. The number of rotatable bonds is 5. The van der Waals surface area contributed by atoms with Gasteiger partial charge in [-0.05, 0) is 18.2 Å². The summed E-state index contributed by atoms with van der Waals surface area (Å²) in [6, 6.07) is 9.46. The summed E-state index contributed by atoms with van der Waals surface area (Å²) >= 11 is 1.30. The van der Waals surface area contributed by atoms with Crippen molar-refractivity contribution in [3.8, 4) is 11.5 Å². The predicted molar refractivity (Wildman–Crippen MR) is 106 cm³/mol. The van der Waals surface area contributed by atoms with Crippen molar-refractivity contribution in [1.82, 2.24) is 9.71 Å². The normalized spacial score (nSPS) is 13.5. The minimum atomic E-state index is -3.64. The van der Waals surface area contributed by atoms with Crippen molar-refractivity contribution in [2.75, 3.05) is 25.1 Å². The Morgan fingerprint density at radius 1 is 1.18 bits per heavy atom. The largest absolute Gasteiger partial charge is 0.486 e. The van der Waals surface area contributed by atoms with Crippen molar-refractivity contribution in [2.45, 2.75) is 11.8 Å². The van der Waals surface area contributed by atoms with E-state index in [9.17, 15) is 13.2 Å². The fourth-order valence-electron chi connectivity index (χ4n) is 2.77. The molecule has 0 saturated heterocycles. The zero-order valence-electron chi connectivity index (χ0n) is 14.9. The van der Waals surface area contributed by atoms with E-state index in [4.69, 9.17) is 9.47 Å². The molecule has 146 valence electrons. The smallest absolute Gasteiger partial charge is 0.257 e. The Kier molecular flexibility index (Phi) is 4.92. The van der Waals surface area contributed by atoms with Crippen LogP contribution in [0, 0.1) is 0 Å². The number of benzene rings is 2. The van der Waals surface area contributed by atoms with E-state index < -0.39 is 15.9 Å². The molecule has 10 heteroatoms. The molecule has 0 bridgehead atoms. The van der Waals surface area contributed by atoms with Crippen molar-refractivity contribution >= 4 is 42.6 Å². The maximum absolute atomic E-state index is 12.6. The maximum atomic E-state index is 12.6. The molecule has 0 saturated carbocycles. The van der Waals surface area contributed by atoms with E-state index in [0.29, 0.717) is 35.4 Å². The average molecular weight is 419 g/mol. The zero-order valence-corrected chi connectivity index (χ0v) is 16.5. The molecule has 3 aromatic rings. The molecule has 28 heavy (non-hydrogen) atoms. The van der Waals surface area contributed by atoms with Gasteiger partial charge in [0.25, 0.3) is 5.91 Å². The van der Waals surface area contributed by atoms with Crippen molar-refractivity contribution < 1.29 is 22.7 Å². The van der Waals surface area contributed by atoms with Crippen LogP contribution < -0.4 is 19.5 Å². The minimum Gasteiger partial charge on any atom is -0.486 e. The first kappa shape index (κ1) is 18.7. The molecule has 0 spiro atoms. The Bertz CT molecular complexity index is 1110. The minimum absolute atomic E-state index is 0.0354. The third kappa shape index (κ3) is 3.66. The molecule has 4 rings (SSSR count). The third-order valence-corrected chi connectivity index (χ3v) is 6.49. The molecular weight excluding hydrogens is 402 g/mol. The second-order valence-electron chi connectivity index (χ2n) is 5.97. The lowest BCUT2D eigenvalue weighted by Gasteiger charge is -2.17. The summed E-state index contributed by atoms with van der Waals surface area (Å²) in [6.07, 6.45) is 0. The molecule has 1 amide bonds. The zero-order chi connectivity index (χ0) is 19.7. The van der Waals surface area contributed by atoms with Crippen molar-refractivity contribution in [2.24, 2.45) is 0 Å². The molecule has 1 aliphatic heterocycles. The van der Waals surface area contributed by atoms with E-state index in [2.05, 4.69) is 15.0 Å². The first-order valence-electron chi connectivity index (χ1n) is 8.57. The van der Waals surface area contributed by atoms with E-state index in [1.54, 1.807) is 19.1 Å². The van der Waals surface area contributed by atoms with E-state index in [1.807, 2.05) is 6.07 Å². The number of aromatic nitrogens is 1. The fraction of sp³-hybridized carbons (Fsp3) is 0.222. The summed E-state index contributed by atoms with van der Waals surface area (Å²) in [7, 11) is -3.64. The van der Waals surface area contributed by atoms with Crippen LogP contribution in [-0.4, -0.2) is 39.1 Å². The summed E-state index contributed by atoms with van der Waals surface area (Å²) in [5, 5.41) is 3.13. The van der Waals surface area contributed by atoms with E-state index in [1.165, 1.54) is 29.5 Å². The van der Waals surface area contributed by atoms with Crippen molar-refractivity contribution in [3.63, 3.8) is 0 Å².